The molecule has 0 bridgehead atoms. The van der Waals surface area contributed by atoms with Crippen molar-refractivity contribution in [3.63, 3.8) is 0 Å². The molecule has 0 N–H and O–H groups in total. The van der Waals surface area contributed by atoms with E-state index in [4.69, 9.17) is 9.47 Å². The third-order valence-electron chi connectivity index (χ3n) is 3.20. The molecule has 0 spiro atoms. The molecular weight excluding hydrogens is 272 g/mol. The Kier molecular flexibility index (Phi) is 3.85. The van der Waals surface area contributed by atoms with E-state index in [2.05, 4.69) is 12.1 Å². The minimum absolute atomic E-state index is 0.391. The van der Waals surface area contributed by atoms with E-state index >= 15 is 0 Å². The van der Waals surface area contributed by atoms with Crippen molar-refractivity contribution in [3.8, 4) is 0 Å². The van der Waals surface area contributed by atoms with Crippen molar-refractivity contribution in [1.29, 1.82) is 0 Å². The van der Waals surface area contributed by atoms with E-state index in [0.717, 1.165) is 16.3 Å². The first-order valence-corrected chi connectivity index (χ1v) is 8.01. The summed E-state index contributed by atoms with van der Waals surface area (Å²) in [5.74, 6) is 1.03. The van der Waals surface area contributed by atoms with Gasteiger partial charge >= 0.3 is 0 Å². The highest BCUT2D eigenvalue weighted by Gasteiger charge is 2.23. The molecule has 2 aromatic carbocycles. The second kappa shape index (κ2) is 5.77. The van der Waals surface area contributed by atoms with Crippen LogP contribution in [0.4, 0.5) is 0 Å². The van der Waals surface area contributed by atoms with Gasteiger partial charge in [0.15, 0.2) is 0 Å². The summed E-state index contributed by atoms with van der Waals surface area (Å²) in [6, 6.07) is 14.1. The van der Waals surface area contributed by atoms with E-state index in [1.165, 1.54) is 0 Å². The Balaban J connectivity index is 2.04. The summed E-state index contributed by atoms with van der Waals surface area (Å²) in [5.41, 5.74) is 0.959. The Morgan fingerprint density at radius 1 is 1.25 bits per heavy atom. The van der Waals surface area contributed by atoms with E-state index in [1.807, 2.05) is 37.3 Å². The fourth-order valence-corrected chi connectivity index (χ4v) is 3.29. The van der Waals surface area contributed by atoms with Gasteiger partial charge in [-0.25, -0.2) is 0 Å². The highest BCUT2D eigenvalue weighted by Crippen LogP contribution is 2.29. The summed E-state index contributed by atoms with van der Waals surface area (Å²) in [7, 11) is -1.06. The summed E-state index contributed by atoms with van der Waals surface area (Å²) in [5, 5.41) is 3.91. The lowest BCUT2D eigenvalue weighted by molar-refractivity contribution is -0.0765. The Hall–Kier alpha value is -1.65. The zero-order chi connectivity index (χ0) is 13.9. The molecule has 3 rings (SSSR count). The van der Waals surface area contributed by atoms with Crippen molar-refractivity contribution in [3.05, 3.63) is 53.4 Å². The first-order valence-electron chi connectivity index (χ1n) is 6.63. The summed E-state index contributed by atoms with van der Waals surface area (Å²) >= 11 is 0. The molecular formula is C16H16O3S. The maximum Gasteiger partial charge on any atom is 0.211 e. The summed E-state index contributed by atoms with van der Waals surface area (Å²) in [4.78, 5) is 0. The predicted octanol–water partition coefficient (Wildman–Crippen LogP) is 3.28. The smallest absolute Gasteiger partial charge is 0.211 e. The Bertz CT molecular complexity index is 673. The van der Waals surface area contributed by atoms with Crippen LogP contribution in [0.1, 0.15) is 12.5 Å². The van der Waals surface area contributed by atoms with Gasteiger partial charge in [-0.15, -0.1) is 0 Å². The molecule has 0 amide bonds. The van der Waals surface area contributed by atoms with Crippen LogP contribution < -0.4 is 0 Å². The van der Waals surface area contributed by atoms with E-state index in [9.17, 15) is 4.21 Å². The van der Waals surface area contributed by atoms with Gasteiger partial charge in [-0.05, 0) is 17.7 Å². The zero-order valence-corrected chi connectivity index (χ0v) is 12.1. The molecule has 20 heavy (non-hydrogen) atoms. The topological polar surface area (TPSA) is 35.5 Å². The van der Waals surface area contributed by atoms with Crippen LogP contribution in [0.3, 0.4) is 0 Å². The third-order valence-corrected chi connectivity index (χ3v) is 4.28. The molecule has 4 heteroatoms. The molecule has 1 unspecified atom stereocenters. The van der Waals surface area contributed by atoms with Gasteiger partial charge in [-0.3, -0.25) is 4.21 Å². The second-order valence-electron chi connectivity index (χ2n) is 4.56. The van der Waals surface area contributed by atoms with Crippen molar-refractivity contribution in [1.82, 2.24) is 0 Å². The second-order valence-corrected chi connectivity index (χ2v) is 5.89. The monoisotopic (exact) mass is 288 g/mol. The van der Waals surface area contributed by atoms with Gasteiger partial charge in [0.05, 0.1) is 16.6 Å². The van der Waals surface area contributed by atoms with E-state index in [1.54, 1.807) is 5.41 Å². The first-order chi connectivity index (χ1) is 9.78. The van der Waals surface area contributed by atoms with Crippen LogP contribution in [0, 0.1) is 0 Å². The average molecular weight is 288 g/mol. The summed E-state index contributed by atoms with van der Waals surface area (Å²) in [6.45, 7) is 2.45. The molecule has 1 aliphatic rings. The number of ether oxygens (including phenoxy) is 2. The van der Waals surface area contributed by atoms with Gasteiger partial charge in [0, 0.05) is 17.6 Å². The number of hydrogen-bond acceptors (Lipinski definition) is 3. The average Bonchev–Trinajstić information content (AvgIpc) is 2.46. The van der Waals surface area contributed by atoms with Crippen molar-refractivity contribution < 1.29 is 13.7 Å². The van der Waals surface area contributed by atoms with Gasteiger partial charge in [0.1, 0.15) is 5.76 Å². The summed E-state index contributed by atoms with van der Waals surface area (Å²) < 4.78 is 23.2. The molecule has 0 radical (unpaired) electrons. The molecule has 104 valence electrons. The van der Waals surface area contributed by atoms with E-state index in [0.29, 0.717) is 18.1 Å². The van der Waals surface area contributed by atoms with Gasteiger partial charge in [-0.2, -0.15) is 0 Å². The first kappa shape index (κ1) is 13.3. The Labute approximate surface area is 120 Å². The fraction of sp³-hybridized carbons (Fsp3) is 0.250. The van der Waals surface area contributed by atoms with E-state index < -0.39 is 17.1 Å². The number of hydrogen-bond donors (Lipinski definition) is 0. The Morgan fingerprint density at radius 3 is 2.90 bits per heavy atom. The van der Waals surface area contributed by atoms with Crippen LogP contribution in [-0.4, -0.2) is 22.9 Å². The molecule has 0 fully saturated rings. The largest absolute Gasteiger partial charge is 0.463 e. The molecule has 1 aliphatic heterocycles. The predicted molar refractivity (Wildman–Crippen MR) is 81.4 cm³/mol. The van der Waals surface area contributed by atoms with E-state index in [-0.39, 0.29) is 0 Å². The quantitative estimate of drug-likeness (QED) is 0.869. The van der Waals surface area contributed by atoms with Crippen LogP contribution in [0.25, 0.3) is 16.5 Å². The molecule has 0 aliphatic carbocycles. The maximum atomic E-state index is 11.9. The summed E-state index contributed by atoms with van der Waals surface area (Å²) in [6.07, 6.45) is -0.431. The highest BCUT2D eigenvalue weighted by molar-refractivity contribution is 7.88. The van der Waals surface area contributed by atoms with Gasteiger partial charge in [-0.1, -0.05) is 42.5 Å². The SMILES string of the molecule is CCO[C@H]1CS(=O)C=C(c2cccc3ccccc23)O1. The highest BCUT2D eigenvalue weighted by atomic mass is 32.2. The van der Waals surface area contributed by atoms with Crippen LogP contribution in [0.2, 0.25) is 0 Å². The maximum absolute atomic E-state index is 11.9. The van der Waals surface area contributed by atoms with Crippen molar-refractivity contribution >= 4 is 27.3 Å². The van der Waals surface area contributed by atoms with Crippen molar-refractivity contribution in [2.75, 3.05) is 12.4 Å². The van der Waals surface area contributed by atoms with Crippen LogP contribution in [0.5, 0.6) is 0 Å². The molecule has 3 nitrogen and oxygen atoms in total. The minimum atomic E-state index is -1.06. The molecule has 0 saturated carbocycles. The lowest BCUT2D eigenvalue weighted by Gasteiger charge is -2.24. The Morgan fingerprint density at radius 2 is 2.05 bits per heavy atom. The fourth-order valence-electron chi connectivity index (χ4n) is 2.34. The van der Waals surface area contributed by atoms with Crippen LogP contribution >= 0.6 is 0 Å². The minimum Gasteiger partial charge on any atom is -0.463 e. The van der Waals surface area contributed by atoms with Gasteiger partial charge < -0.3 is 9.47 Å². The zero-order valence-electron chi connectivity index (χ0n) is 11.2. The van der Waals surface area contributed by atoms with Crippen LogP contribution in [-0.2, 0) is 20.3 Å². The number of fused-ring (bicyclic) bond motifs is 1. The van der Waals surface area contributed by atoms with Crippen LogP contribution in [0.15, 0.2) is 47.9 Å². The molecule has 0 saturated heterocycles. The van der Waals surface area contributed by atoms with Crippen molar-refractivity contribution in [2.24, 2.45) is 0 Å². The van der Waals surface area contributed by atoms with Crippen molar-refractivity contribution in [2.45, 2.75) is 13.2 Å². The lowest BCUT2D eigenvalue weighted by Crippen LogP contribution is -2.27. The standard InChI is InChI=1S/C16H16O3S/c1-2-18-16-11-20(17)10-15(19-16)14-9-5-7-12-6-3-4-8-13(12)14/h3-10,16H,2,11H2,1H3/t16-,20?/m1/s1. The molecule has 2 atom stereocenters. The van der Waals surface area contributed by atoms with Gasteiger partial charge in [0.25, 0.3) is 0 Å². The number of benzene rings is 2. The lowest BCUT2D eigenvalue weighted by atomic mass is 10.0. The molecule has 0 aromatic heterocycles. The number of rotatable bonds is 3. The molecule has 2 aromatic rings. The normalized spacial score (nSPS) is 22.4. The third kappa shape index (κ3) is 2.62. The molecule has 1 heterocycles. The van der Waals surface area contributed by atoms with Gasteiger partial charge in [0.2, 0.25) is 6.29 Å².